The highest BCUT2D eigenvalue weighted by Crippen LogP contribution is 2.01. The van der Waals surface area contributed by atoms with E-state index in [4.69, 9.17) is 5.73 Å². The fraction of sp³-hybridized carbons (Fsp3) is 0.800. The average Bonchev–Trinajstić information content (AvgIpc) is 2.15. The predicted octanol–water partition coefficient (Wildman–Crippen LogP) is -0.135. The monoisotopic (exact) mass is 166 g/mol. The third kappa shape index (κ3) is 2.89. The van der Waals surface area contributed by atoms with E-state index in [0.29, 0.717) is 0 Å². The summed E-state index contributed by atoms with van der Waals surface area (Å²) in [6.07, 6.45) is 0.203. The minimum Gasteiger partial charge on any atom is -0.445 e. The fourth-order valence-electron chi connectivity index (χ4n) is 0.893. The van der Waals surface area contributed by atoms with E-state index in [9.17, 15) is 4.79 Å². The van der Waals surface area contributed by atoms with Crippen molar-refractivity contribution >= 4 is 18.5 Å². The van der Waals surface area contributed by atoms with Crippen LogP contribution in [0.3, 0.4) is 0 Å². The van der Waals surface area contributed by atoms with E-state index in [0.717, 1.165) is 19.5 Å². The van der Waals surface area contributed by atoms with Gasteiger partial charge in [0.05, 0.1) is 0 Å². The molecule has 1 saturated heterocycles. The molecule has 0 bridgehead atoms. The van der Waals surface area contributed by atoms with Crippen molar-refractivity contribution in [3.8, 4) is 0 Å². The molecule has 1 amide bonds. The molecule has 10 heavy (non-hydrogen) atoms. The van der Waals surface area contributed by atoms with Gasteiger partial charge in [-0.15, -0.1) is 12.4 Å². The fourth-order valence-corrected chi connectivity index (χ4v) is 0.893. The zero-order valence-corrected chi connectivity index (χ0v) is 6.32. The van der Waals surface area contributed by atoms with E-state index in [2.05, 4.69) is 10.1 Å². The van der Waals surface area contributed by atoms with Crippen LogP contribution in [0.1, 0.15) is 6.42 Å². The molecule has 60 valence electrons. The zero-order chi connectivity index (χ0) is 6.69. The molecule has 4 nitrogen and oxygen atoms in total. The number of primary amides is 1. The maximum absolute atomic E-state index is 10.1. The van der Waals surface area contributed by atoms with Gasteiger partial charge in [0.1, 0.15) is 6.10 Å². The Morgan fingerprint density at radius 3 is 2.80 bits per heavy atom. The molecular formula is C5H11ClN2O2. The number of carbonyl (C=O) groups is 1. The average molecular weight is 167 g/mol. The normalized spacial score (nSPS) is 23.4. The predicted molar refractivity (Wildman–Crippen MR) is 39.2 cm³/mol. The first-order chi connectivity index (χ1) is 4.29. The van der Waals surface area contributed by atoms with Gasteiger partial charge in [-0.05, 0) is 13.0 Å². The summed E-state index contributed by atoms with van der Waals surface area (Å²) in [6.45, 7) is 1.65. The molecule has 0 aliphatic carbocycles. The van der Waals surface area contributed by atoms with Crippen LogP contribution in [0.25, 0.3) is 0 Å². The molecule has 1 aliphatic heterocycles. The molecule has 1 atom stereocenters. The molecule has 1 heterocycles. The second-order valence-electron chi connectivity index (χ2n) is 2.05. The molecule has 1 aliphatic rings. The lowest BCUT2D eigenvalue weighted by Gasteiger charge is -2.05. The number of rotatable bonds is 1. The summed E-state index contributed by atoms with van der Waals surface area (Å²) in [5, 5.41) is 3.04. The smallest absolute Gasteiger partial charge is 0.404 e. The number of hydrogen-bond acceptors (Lipinski definition) is 3. The lowest BCUT2D eigenvalue weighted by atomic mass is 10.3. The molecular weight excluding hydrogens is 156 g/mol. The molecule has 0 aromatic rings. The Morgan fingerprint density at radius 2 is 2.40 bits per heavy atom. The van der Waals surface area contributed by atoms with Gasteiger partial charge in [0.15, 0.2) is 0 Å². The lowest BCUT2D eigenvalue weighted by Crippen LogP contribution is -2.24. The van der Waals surface area contributed by atoms with Gasteiger partial charge in [0.25, 0.3) is 0 Å². The van der Waals surface area contributed by atoms with Crippen LogP contribution in [-0.4, -0.2) is 25.3 Å². The van der Waals surface area contributed by atoms with Crippen LogP contribution in [-0.2, 0) is 4.74 Å². The van der Waals surface area contributed by atoms with E-state index >= 15 is 0 Å². The molecule has 0 spiro atoms. The molecule has 0 aromatic heterocycles. The number of nitrogens with one attached hydrogen (secondary N) is 1. The molecule has 0 saturated carbocycles. The number of halogens is 1. The SMILES string of the molecule is Cl.NC(=O)OC1CCNC1. The molecule has 1 fully saturated rings. The van der Waals surface area contributed by atoms with Gasteiger partial charge in [0.2, 0.25) is 0 Å². The topological polar surface area (TPSA) is 64.4 Å². The number of ether oxygens (including phenoxy) is 1. The third-order valence-corrected chi connectivity index (χ3v) is 1.30. The van der Waals surface area contributed by atoms with E-state index in [1.165, 1.54) is 0 Å². The molecule has 0 radical (unpaired) electrons. The number of nitrogens with two attached hydrogens (primary N) is 1. The molecule has 0 aromatic carbocycles. The van der Waals surface area contributed by atoms with Crippen LogP contribution in [0.15, 0.2) is 0 Å². The number of amides is 1. The summed E-state index contributed by atoms with van der Waals surface area (Å²) in [7, 11) is 0. The standard InChI is InChI=1S/C5H10N2O2.ClH/c6-5(8)9-4-1-2-7-3-4;/h4,7H,1-3H2,(H2,6,8);1H. The van der Waals surface area contributed by atoms with E-state index in [1.54, 1.807) is 0 Å². The van der Waals surface area contributed by atoms with Crippen LogP contribution in [0, 0.1) is 0 Å². The Kier molecular flexibility index (Phi) is 4.14. The first kappa shape index (κ1) is 9.52. The minimum atomic E-state index is -0.677. The minimum absolute atomic E-state index is 0. The summed E-state index contributed by atoms with van der Waals surface area (Å²) in [6, 6.07) is 0. The molecule has 5 heteroatoms. The third-order valence-electron chi connectivity index (χ3n) is 1.30. The Labute approximate surface area is 65.5 Å². The van der Waals surface area contributed by atoms with E-state index in [1.807, 2.05) is 0 Å². The Morgan fingerprint density at radius 1 is 1.70 bits per heavy atom. The van der Waals surface area contributed by atoms with Gasteiger partial charge in [-0.1, -0.05) is 0 Å². The van der Waals surface area contributed by atoms with Crippen LogP contribution >= 0.6 is 12.4 Å². The summed E-state index contributed by atoms with van der Waals surface area (Å²) in [4.78, 5) is 10.1. The van der Waals surface area contributed by atoms with E-state index in [-0.39, 0.29) is 18.5 Å². The van der Waals surface area contributed by atoms with Gasteiger partial charge in [-0.2, -0.15) is 0 Å². The van der Waals surface area contributed by atoms with Crippen LogP contribution in [0.2, 0.25) is 0 Å². The maximum atomic E-state index is 10.1. The molecule has 1 unspecified atom stereocenters. The molecule has 1 rings (SSSR count). The van der Waals surface area contributed by atoms with Gasteiger partial charge in [-0.25, -0.2) is 4.79 Å². The number of hydrogen-bond donors (Lipinski definition) is 2. The van der Waals surface area contributed by atoms with Crippen LogP contribution in [0.5, 0.6) is 0 Å². The van der Waals surface area contributed by atoms with Crippen LogP contribution in [0.4, 0.5) is 4.79 Å². The highest BCUT2D eigenvalue weighted by atomic mass is 35.5. The van der Waals surface area contributed by atoms with Crippen LogP contribution < -0.4 is 11.1 Å². The quantitative estimate of drug-likeness (QED) is 0.570. The summed E-state index contributed by atoms with van der Waals surface area (Å²) < 4.78 is 4.69. The highest BCUT2D eigenvalue weighted by Gasteiger charge is 2.16. The Bertz CT molecular complexity index is 114. The van der Waals surface area contributed by atoms with Gasteiger partial charge in [0, 0.05) is 6.54 Å². The molecule has 3 N–H and O–H groups in total. The van der Waals surface area contributed by atoms with Gasteiger partial charge < -0.3 is 15.8 Å². The second-order valence-corrected chi connectivity index (χ2v) is 2.05. The van der Waals surface area contributed by atoms with Gasteiger partial charge in [-0.3, -0.25) is 0 Å². The maximum Gasteiger partial charge on any atom is 0.404 e. The van der Waals surface area contributed by atoms with Crippen molar-refractivity contribution in [2.75, 3.05) is 13.1 Å². The van der Waals surface area contributed by atoms with Crippen molar-refractivity contribution in [2.24, 2.45) is 5.73 Å². The summed E-state index contributed by atoms with van der Waals surface area (Å²) in [5.74, 6) is 0. The van der Waals surface area contributed by atoms with Crippen molar-refractivity contribution in [1.29, 1.82) is 0 Å². The van der Waals surface area contributed by atoms with Crippen molar-refractivity contribution in [1.82, 2.24) is 5.32 Å². The largest absolute Gasteiger partial charge is 0.445 e. The van der Waals surface area contributed by atoms with Crippen molar-refractivity contribution in [3.05, 3.63) is 0 Å². The highest BCUT2D eigenvalue weighted by molar-refractivity contribution is 5.85. The lowest BCUT2D eigenvalue weighted by molar-refractivity contribution is 0.117. The van der Waals surface area contributed by atoms with Gasteiger partial charge >= 0.3 is 6.09 Å². The Balaban J connectivity index is 0.000000810. The number of carbonyl (C=O) groups excluding carboxylic acids is 1. The first-order valence-corrected chi connectivity index (χ1v) is 2.96. The first-order valence-electron chi connectivity index (χ1n) is 2.96. The Hall–Kier alpha value is -0.480. The van der Waals surface area contributed by atoms with Crippen molar-refractivity contribution in [2.45, 2.75) is 12.5 Å². The van der Waals surface area contributed by atoms with Crippen molar-refractivity contribution in [3.63, 3.8) is 0 Å². The second kappa shape index (κ2) is 4.35. The van der Waals surface area contributed by atoms with Crippen molar-refractivity contribution < 1.29 is 9.53 Å². The summed E-state index contributed by atoms with van der Waals surface area (Å²) >= 11 is 0. The summed E-state index contributed by atoms with van der Waals surface area (Å²) in [5.41, 5.74) is 4.78. The zero-order valence-electron chi connectivity index (χ0n) is 5.50. The van der Waals surface area contributed by atoms with E-state index < -0.39 is 6.09 Å².